The molecule has 0 bridgehead atoms. The molecular weight excluding hydrogens is 268 g/mol. The monoisotopic (exact) mass is 284 g/mol. The van der Waals surface area contributed by atoms with E-state index in [1.165, 1.54) is 17.1 Å². The van der Waals surface area contributed by atoms with Gasteiger partial charge in [0.2, 0.25) is 0 Å². The highest BCUT2D eigenvalue weighted by Crippen LogP contribution is 2.17. The van der Waals surface area contributed by atoms with Gasteiger partial charge in [-0.3, -0.25) is 9.48 Å². The second-order valence-corrected chi connectivity index (χ2v) is 5.48. The fraction of sp³-hybridized carbons (Fsp3) is 0.545. The van der Waals surface area contributed by atoms with Crippen LogP contribution in [0.1, 0.15) is 12.8 Å². The first-order valence-corrected chi connectivity index (χ1v) is 7.18. The summed E-state index contributed by atoms with van der Waals surface area (Å²) in [6.07, 6.45) is 5.03. The number of nitrogens with one attached hydrogen (secondary N) is 2. The molecule has 1 aromatic heterocycles. The minimum absolute atomic E-state index is 0.202. The van der Waals surface area contributed by atoms with Crippen molar-refractivity contribution in [2.75, 3.05) is 16.8 Å². The van der Waals surface area contributed by atoms with Crippen LogP contribution in [0.25, 0.3) is 0 Å². The first-order chi connectivity index (χ1) is 9.13. The van der Waals surface area contributed by atoms with Gasteiger partial charge >= 0.3 is 12.0 Å². The maximum atomic E-state index is 11.7. The number of nitrogens with zero attached hydrogens (tertiary/aromatic N) is 2. The largest absolute Gasteiger partial charge is 0.480 e. The van der Waals surface area contributed by atoms with Gasteiger partial charge in [0.1, 0.15) is 6.54 Å². The lowest BCUT2D eigenvalue weighted by Crippen LogP contribution is -2.40. The second kappa shape index (κ2) is 6.46. The third kappa shape index (κ3) is 4.47. The fourth-order valence-corrected chi connectivity index (χ4v) is 2.93. The molecule has 1 saturated heterocycles. The molecule has 1 unspecified atom stereocenters. The average Bonchev–Trinajstić information content (AvgIpc) is 2.76. The highest BCUT2D eigenvalue weighted by atomic mass is 32.2. The fourth-order valence-electron chi connectivity index (χ4n) is 1.86. The number of urea groups is 1. The lowest BCUT2D eigenvalue weighted by molar-refractivity contribution is -0.137. The highest BCUT2D eigenvalue weighted by Gasteiger charge is 2.16. The van der Waals surface area contributed by atoms with Crippen LogP contribution in [0.3, 0.4) is 0 Å². The smallest absolute Gasteiger partial charge is 0.325 e. The first kappa shape index (κ1) is 13.7. The van der Waals surface area contributed by atoms with Gasteiger partial charge in [-0.25, -0.2) is 4.79 Å². The van der Waals surface area contributed by atoms with Crippen molar-refractivity contribution in [1.29, 1.82) is 0 Å². The number of carboxylic acids is 1. The summed E-state index contributed by atoms with van der Waals surface area (Å²) in [6.45, 7) is -0.220. The van der Waals surface area contributed by atoms with Gasteiger partial charge < -0.3 is 15.7 Å². The van der Waals surface area contributed by atoms with Gasteiger partial charge in [0.15, 0.2) is 0 Å². The molecular formula is C11H16N4O3S. The van der Waals surface area contributed by atoms with Crippen molar-refractivity contribution in [2.45, 2.75) is 25.4 Å². The molecule has 7 nitrogen and oxygen atoms in total. The Morgan fingerprint density at radius 1 is 1.58 bits per heavy atom. The van der Waals surface area contributed by atoms with Crippen LogP contribution in [0, 0.1) is 0 Å². The SMILES string of the molecule is O=C(O)Cn1cc(NC(=O)NC2CCCSC2)cn1. The molecule has 0 radical (unpaired) electrons. The molecule has 1 aliphatic heterocycles. The van der Waals surface area contributed by atoms with Gasteiger partial charge in [-0.15, -0.1) is 0 Å². The van der Waals surface area contributed by atoms with Crippen LogP contribution >= 0.6 is 11.8 Å². The zero-order valence-electron chi connectivity index (χ0n) is 10.3. The van der Waals surface area contributed by atoms with E-state index in [0.29, 0.717) is 5.69 Å². The number of hydrogen-bond acceptors (Lipinski definition) is 4. The molecule has 104 valence electrons. The maximum Gasteiger partial charge on any atom is 0.325 e. The predicted octanol–water partition coefficient (Wildman–Crippen LogP) is 0.985. The Morgan fingerprint density at radius 3 is 3.11 bits per heavy atom. The maximum absolute atomic E-state index is 11.7. The van der Waals surface area contributed by atoms with E-state index in [0.717, 1.165) is 24.3 Å². The van der Waals surface area contributed by atoms with Crippen molar-refractivity contribution >= 4 is 29.4 Å². The summed E-state index contributed by atoms with van der Waals surface area (Å²) in [5, 5.41) is 18.0. The molecule has 8 heteroatoms. The molecule has 0 aromatic carbocycles. The highest BCUT2D eigenvalue weighted by molar-refractivity contribution is 7.99. The topological polar surface area (TPSA) is 96.2 Å². The normalized spacial score (nSPS) is 18.8. The lowest BCUT2D eigenvalue weighted by atomic mass is 10.2. The van der Waals surface area contributed by atoms with Gasteiger partial charge in [-0.2, -0.15) is 16.9 Å². The van der Waals surface area contributed by atoms with Crippen molar-refractivity contribution in [1.82, 2.24) is 15.1 Å². The quantitative estimate of drug-likeness (QED) is 0.766. The number of anilines is 1. The summed E-state index contributed by atoms with van der Waals surface area (Å²) in [4.78, 5) is 22.2. The Hall–Kier alpha value is -1.70. The molecule has 2 amide bonds. The summed E-state index contributed by atoms with van der Waals surface area (Å²) in [5.41, 5.74) is 0.488. The summed E-state index contributed by atoms with van der Waals surface area (Å²) >= 11 is 1.84. The number of carbonyl (C=O) groups is 2. The van der Waals surface area contributed by atoms with Crippen molar-refractivity contribution in [3.05, 3.63) is 12.4 Å². The number of aliphatic carboxylic acids is 1. The van der Waals surface area contributed by atoms with Crippen molar-refractivity contribution in [3.63, 3.8) is 0 Å². The van der Waals surface area contributed by atoms with E-state index in [-0.39, 0.29) is 18.6 Å². The molecule has 1 fully saturated rings. The van der Waals surface area contributed by atoms with E-state index in [2.05, 4.69) is 15.7 Å². The third-order valence-electron chi connectivity index (χ3n) is 2.68. The predicted molar refractivity (Wildman–Crippen MR) is 72.4 cm³/mol. The van der Waals surface area contributed by atoms with E-state index in [4.69, 9.17) is 5.11 Å². The number of amides is 2. The van der Waals surface area contributed by atoms with Gasteiger partial charge in [0, 0.05) is 18.0 Å². The minimum atomic E-state index is -0.974. The van der Waals surface area contributed by atoms with E-state index >= 15 is 0 Å². The number of hydrogen-bond donors (Lipinski definition) is 3. The first-order valence-electron chi connectivity index (χ1n) is 6.03. The van der Waals surface area contributed by atoms with Crippen molar-refractivity contribution in [2.24, 2.45) is 0 Å². The van der Waals surface area contributed by atoms with Crippen LogP contribution in [0.2, 0.25) is 0 Å². The zero-order chi connectivity index (χ0) is 13.7. The van der Waals surface area contributed by atoms with Gasteiger partial charge in [-0.05, 0) is 18.6 Å². The molecule has 2 heterocycles. The molecule has 1 atom stereocenters. The molecule has 2 rings (SSSR count). The van der Waals surface area contributed by atoms with E-state index in [1.807, 2.05) is 11.8 Å². The molecule has 0 saturated carbocycles. The molecule has 0 spiro atoms. The van der Waals surface area contributed by atoms with E-state index in [1.54, 1.807) is 0 Å². The Labute approximate surface area is 114 Å². The second-order valence-electron chi connectivity index (χ2n) is 4.33. The summed E-state index contributed by atoms with van der Waals surface area (Å²) in [7, 11) is 0. The van der Waals surface area contributed by atoms with Gasteiger partial charge in [0.05, 0.1) is 11.9 Å². The van der Waals surface area contributed by atoms with E-state index in [9.17, 15) is 9.59 Å². The van der Waals surface area contributed by atoms with Crippen LogP contribution < -0.4 is 10.6 Å². The average molecular weight is 284 g/mol. The Balaban J connectivity index is 1.81. The number of rotatable bonds is 4. The zero-order valence-corrected chi connectivity index (χ0v) is 11.2. The minimum Gasteiger partial charge on any atom is -0.480 e. The third-order valence-corrected chi connectivity index (χ3v) is 3.90. The Morgan fingerprint density at radius 2 is 2.42 bits per heavy atom. The van der Waals surface area contributed by atoms with Gasteiger partial charge in [0.25, 0.3) is 0 Å². The summed E-state index contributed by atoms with van der Waals surface area (Å²) in [6, 6.07) is -0.0739. The number of carbonyl (C=O) groups excluding carboxylic acids is 1. The van der Waals surface area contributed by atoms with Crippen LogP contribution in [-0.4, -0.2) is 44.4 Å². The van der Waals surface area contributed by atoms with Gasteiger partial charge in [-0.1, -0.05) is 0 Å². The molecule has 1 aliphatic rings. The number of carboxylic acid groups (broad SMARTS) is 1. The van der Waals surface area contributed by atoms with Crippen LogP contribution in [0.15, 0.2) is 12.4 Å². The van der Waals surface area contributed by atoms with E-state index < -0.39 is 5.97 Å². The Bertz CT molecular complexity index is 457. The molecule has 19 heavy (non-hydrogen) atoms. The van der Waals surface area contributed by atoms with Crippen molar-refractivity contribution < 1.29 is 14.7 Å². The van der Waals surface area contributed by atoms with Crippen LogP contribution in [-0.2, 0) is 11.3 Å². The summed E-state index contributed by atoms with van der Waals surface area (Å²) < 4.78 is 1.26. The lowest BCUT2D eigenvalue weighted by Gasteiger charge is -2.22. The van der Waals surface area contributed by atoms with Crippen molar-refractivity contribution in [3.8, 4) is 0 Å². The standard InChI is InChI=1S/C11H16N4O3S/c16-10(17)6-15-5-9(4-12-15)14-11(18)13-8-2-1-3-19-7-8/h4-5,8H,1-3,6-7H2,(H,16,17)(H2,13,14,18). The van der Waals surface area contributed by atoms with Crippen LogP contribution in [0.5, 0.6) is 0 Å². The summed E-state index contributed by atoms with van der Waals surface area (Å²) in [5.74, 6) is 1.12. The molecule has 3 N–H and O–H groups in total. The van der Waals surface area contributed by atoms with Crippen LogP contribution in [0.4, 0.5) is 10.5 Å². The molecule has 0 aliphatic carbocycles. The number of aromatic nitrogens is 2. The molecule has 1 aromatic rings. The number of thioether (sulfide) groups is 1. The Kier molecular flexibility index (Phi) is 4.67.